The van der Waals surface area contributed by atoms with Gasteiger partial charge in [0.2, 0.25) is 17.7 Å². The maximum atomic E-state index is 12.4. The Labute approximate surface area is 141 Å². The van der Waals surface area contributed by atoms with E-state index in [1.165, 1.54) is 7.11 Å². The molecule has 1 aromatic rings. The van der Waals surface area contributed by atoms with E-state index in [9.17, 15) is 14.4 Å². The van der Waals surface area contributed by atoms with Gasteiger partial charge in [-0.3, -0.25) is 19.3 Å². The van der Waals surface area contributed by atoms with E-state index in [4.69, 9.17) is 4.74 Å². The number of carbonyl (C=O) groups is 3. The first-order chi connectivity index (χ1) is 11.5. The van der Waals surface area contributed by atoms with E-state index in [-0.39, 0.29) is 36.1 Å². The van der Waals surface area contributed by atoms with Crippen molar-refractivity contribution in [3.8, 4) is 5.75 Å². The van der Waals surface area contributed by atoms with Gasteiger partial charge in [-0.25, -0.2) is 0 Å². The van der Waals surface area contributed by atoms with E-state index >= 15 is 0 Å². The van der Waals surface area contributed by atoms with Crippen LogP contribution in [0.2, 0.25) is 0 Å². The first-order valence-corrected chi connectivity index (χ1v) is 8.31. The van der Waals surface area contributed by atoms with Crippen LogP contribution in [0.4, 0.5) is 5.69 Å². The Hall–Kier alpha value is -2.37. The van der Waals surface area contributed by atoms with E-state index in [1.807, 2.05) is 13.0 Å². The second-order valence-corrected chi connectivity index (χ2v) is 6.51. The summed E-state index contributed by atoms with van der Waals surface area (Å²) in [6, 6.07) is 5.45. The molecule has 6 heteroatoms. The van der Waals surface area contributed by atoms with Crippen molar-refractivity contribution in [1.82, 2.24) is 4.90 Å². The highest BCUT2D eigenvalue weighted by Gasteiger charge is 2.48. The molecule has 0 bridgehead atoms. The lowest BCUT2D eigenvalue weighted by Crippen LogP contribution is -2.38. The Bertz CT molecular complexity index is 662. The molecule has 3 amide bonds. The van der Waals surface area contributed by atoms with E-state index < -0.39 is 0 Å². The zero-order chi connectivity index (χ0) is 17.3. The third-order valence-corrected chi connectivity index (χ3v) is 4.86. The van der Waals surface area contributed by atoms with Gasteiger partial charge in [-0.2, -0.15) is 0 Å². The molecule has 1 aliphatic carbocycles. The van der Waals surface area contributed by atoms with Crippen molar-refractivity contribution >= 4 is 23.4 Å². The van der Waals surface area contributed by atoms with Gasteiger partial charge in [0.25, 0.3) is 0 Å². The second-order valence-electron chi connectivity index (χ2n) is 6.51. The van der Waals surface area contributed by atoms with Crippen LogP contribution in [-0.4, -0.2) is 36.3 Å². The van der Waals surface area contributed by atoms with Gasteiger partial charge >= 0.3 is 0 Å². The molecule has 0 spiro atoms. The predicted molar refractivity (Wildman–Crippen MR) is 88.5 cm³/mol. The molecule has 0 radical (unpaired) electrons. The number of likely N-dealkylation sites (tertiary alicyclic amines) is 1. The molecule has 0 unspecified atom stereocenters. The minimum absolute atomic E-state index is 0.198. The van der Waals surface area contributed by atoms with E-state index in [0.717, 1.165) is 36.1 Å². The Morgan fingerprint density at radius 2 is 1.83 bits per heavy atom. The smallest absolute Gasteiger partial charge is 0.244 e. The molecule has 24 heavy (non-hydrogen) atoms. The summed E-state index contributed by atoms with van der Waals surface area (Å²) in [6.45, 7) is 1.68. The number of nitrogens with one attached hydrogen (secondary N) is 1. The van der Waals surface area contributed by atoms with Crippen LogP contribution < -0.4 is 10.1 Å². The fourth-order valence-electron chi connectivity index (χ4n) is 3.64. The maximum Gasteiger partial charge on any atom is 0.244 e. The molecule has 0 aromatic heterocycles. The predicted octanol–water partition coefficient (Wildman–Crippen LogP) is 2.12. The molecular formula is C18H22N2O4. The number of hydrogen-bond donors (Lipinski definition) is 1. The summed E-state index contributed by atoms with van der Waals surface area (Å²) >= 11 is 0. The second kappa shape index (κ2) is 6.63. The molecule has 1 heterocycles. The average Bonchev–Trinajstić information content (AvgIpc) is 2.80. The van der Waals surface area contributed by atoms with Crippen LogP contribution in [0.1, 0.15) is 31.2 Å². The molecule has 2 atom stereocenters. The van der Waals surface area contributed by atoms with E-state index in [2.05, 4.69) is 5.32 Å². The normalized spacial score (nSPS) is 23.2. The first kappa shape index (κ1) is 16.5. The number of anilines is 1. The first-order valence-electron chi connectivity index (χ1n) is 8.31. The SMILES string of the molecule is COc1ccc(C)cc1NC(=O)CN1C(=O)[C@H]2CCCC[C@H]2C1=O. The zero-order valence-electron chi connectivity index (χ0n) is 14.0. The third kappa shape index (κ3) is 3.00. The molecule has 1 aliphatic heterocycles. The molecule has 6 nitrogen and oxygen atoms in total. The third-order valence-electron chi connectivity index (χ3n) is 4.86. The van der Waals surface area contributed by atoms with E-state index in [0.29, 0.717) is 11.4 Å². The lowest BCUT2D eigenvalue weighted by molar-refractivity contribution is -0.142. The highest BCUT2D eigenvalue weighted by molar-refractivity contribution is 6.08. The Balaban J connectivity index is 1.70. The largest absolute Gasteiger partial charge is 0.495 e. The van der Waals surface area contributed by atoms with Crippen LogP contribution in [0.15, 0.2) is 18.2 Å². The van der Waals surface area contributed by atoms with Crippen molar-refractivity contribution in [1.29, 1.82) is 0 Å². The van der Waals surface area contributed by atoms with Gasteiger partial charge in [0.05, 0.1) is 24.6 Å². The Morgan fingerprint density at radius 3 is 2.42 bits per heavy atom. The molecule has 1 N–H and O–H groups in total. The summed E-state index contributed by atoms with van der Waals surface area (Å²) in [4.78, 5) is 38.3. The van der Waals surface area contributed by atoms with Gasteiger partial charge in [0, 0.05) is 0 Å². The van der Waals surface area contributed by atoms with Crippen LogP contribution in [0.25, 0.3) is 0 Å². The fourth-order valence-corrected chi connectivity index (χ4v) is 3.64. The summed E-state index contributed by atoms with van der Waals surface area (Å²) in [5.74, 6) is -0.701. The maximum absolute atomic E-state index is 12.4. The van der Waals surface area contributed by atoms with Crippen LogP contribution in [0, 0.1) is 18.8 Å². The molecule has 1 saturated heterocycles. The van der Waals surface area contributed by atoms with Crippen molar-refractivity contribution in [2.45, 2.75) is 32.6 Å². The molecule has 1 saturated carbocycles. The van der Waals surface area contributed by atoms with Crippen LogP contribution in [0.5, 0.6) is 5.75 Å². The van der Waals surface area contributed by atoms with Gasteiger partial charge in [0.1, 0.15) is 12.3 Å². The minimum atomic E-state index is -0.390. The average molecular weight is 330 g/mol. The standard InChI is InChI=1S/C18H22N2O4/c1-11-7-8-15(24-2)14(9-11)19-16(21)10-20-17(22)12-5-3-4-6-13(12)18(20)23/h7-9,12-13H,3-6,10H2,1-2H3,(H,19,21)/t12-,13+. The van der Waals surface area contributed by atoms with Crippen molar-refractivity contribution in [2.24, 2.45) is 11.8 Å². The van der Waals surface area contributed by atoms with E-state index in [1.54, 1.807) is 12.1 Å². The number of aryl methyl sites for hydroxylation is 1. The topological polar surface area (TPSA) is 75.7 Å². The lowest BCUT2D eigenvalue weighted by atomic mass is 9.81. The zero-order valence-corrected chi connectivity index (χ0v) is 14.0. The van der Waals surface area contributed by atoms with Crippen LogP contribution in [-0.2, 0) is 14.4 Å². The number of amides is 3. The molecule has 128 valence electrons. The van der Waals surface area contributed by atoms with Crippen LogP contribution in [0.3, 0.4) is 0 Å². The summed E-state index contributed by atoms with van der Waals surface area (Å²) < 4.78 is 5.23. The summed E-state index contributed by atoms with van der Waals surface area (Å²) in [6.07, 6.45) is 3.44. The number of rotatable bonds is 4. The molecule has 2 aliphatic rings. The number of imide groups is 1. The fraction of sp³-hybridized carbons (Fsp3) is 0.500. The van der Waals surface area contributed by atoms with Gasteiger partial charge in [-0.1, -0.05) is 18.9 Å². The molecule has 2 fully saturated rings. The summed E-state index contributed by atoms with van der Waals surface area (Å²) in [5.41, 5.74) is 1.52. The molecule has 1 aromatic carbocycles. The number of carbonyl (C=O) groups excluding carboxylic acids is 3. The van der Waals surface area contributed by atoms with Gasteiger partial charge in [-0.15, -0.1) is 0 Å². The number of hydrogen-bond acceptors (Lipinski definition) is 4. The van der Waals surface area contributed by atoms with Crippen molar-refractivity contribution in [3.63, 3.8) is 0 Å². The van der Waals surface area contributed by atoms with Crippen LogP contribution >= 0.6 is 0 Å². The minimum Gasteiger partial charge on any atom is -0.495 e. The Morgan fingerprint density at radius 1 is 1.21 bits per heavy atom. The highest BCUT2D eigenvalue weighted by atomic mass is 16.5. The summed E-state index contributed by atoms with van der Waals surface area (Å²) in [5, 5.41) is 2.74. The highest BCUT2D eigenvalue weighted by Crippen LogP contribution is 2.37. The molecule has 3 rings (SSSR count). The van der Waals surface area contributed by atoms with Gasteiger partial charge < -0.3 is 10.1 Å². The summed E-state index contributed by atoms with van der Waals surface area (Å²) in [7, 11) is 1.53. The number of ether oxygens (including phenoxy) is 1. The van der Waals surface area contributed by atoms with Crippen molar-refractivity contribution < 1.29 is 19.1 Å². The number of methoxy groups -OCH3 is 1. The lowest BCUT2D eigenvalue weighted by Gasteiger charge is -2.19. The molecular weight excluding hydrogens is 308 g/mol. The Kier molecular flexibility index (Phi) is 4.55. The number of benzene rings is 1. The monoisotopic (exact) mass is 330 g/mol. The van der Waals surface area contributed by atoms with Gasteiger partial charge in [0.15, 0.2) is 0 Å². The van der Waals surface area contributed by atoms with Crippen molar-refractivity contribution in [3.05, 3.63) is 23.8 Å². The van der Waals surface area contributed by atoms with Crippen molar-refractivity contribution in [2.75, 3.05) is 19.0 Å². The number of nitrogens with zero attached hydrogens (tertiary/aromatic N) is 1. The quantitative estimate of drug-likeness (QED) is 0.858. The van der Waals surface area contributed by atoms with Gasteiger partial charge in [-0.05, 0) is 37.5 Å². The number of fused-ring (bicyclic) bond motifs is 1.